The molecule has 12 heavy (non-hydrogen) atoms. The van der Waals surface area contributed by atoms with Gasteiger partial charge in [-0.25, -0.2) is 4.98 Å². The number of nitrogens with zero attached hydrogens (tertiary/aromatic N) is 1. The Balaban J connectivity index is 2.54. The second kappa shape index (κ2) is 2.64. The number of hydrogen-bond donors (Lipinski definition) is 2. The van der Waals surface area contributed by atoms with Gasteiger partial charge in [-0.1, -0.05) is 6.07 Å². The highest BCUT2D eigenvalue weighted by Crippen LogP contribution is 2.25. The molecule has 0 atom stereocenters. The van der Waals surface area contributed by atoms with Crippen molar-refractivity contribution in [1.29, 1.82) is 0 Å². The highest BCUT2D eigenvalue weighted by atomic mass is 32.1. The normalized spacial score (nSPS) is 10.4. The van der Waals surface area contributed by atoms with E-state index in [9.17, 15) is 0 Å². The fourth-order valence-electron chi connectivity index (χ4n) is 1.14. The Morgan fingerprint density at radius 1 is 1.58 bits per heavy atom. The summed E-state index contributed by atoms with van der Waals surface area (Å²) in [6.07, 6.45) is 0. The summed E-state index contributed by atoms with van der Waals surface area (Å²) in [5.74, 6) is 0.482. The Morgan fingerprint density at radius 2 is 2.42 bits per heavy atom. The van der Waals surface area contributed by atoms with Crippen molar-refractivity contribution in [1.82, 2.24) is 9.97 Å². The van der Waals surface area contributed by atoms with Crippen molar-refractivity contribution < 1.29 is 0 Å². The number of rotatable bonds is 1. The lowest BCUT2D eigenvalue weighted by molar-refractivity contribution is 1.26. The zero-order chi connectivity index (χ0) is 8.55. The van der Waals surface area contributed by atoms with Crippen LogP contribution < -0.4 is 5.73 Å². The van der Waals surface area contributed by atoms with E-state index >= 15 is 0 Å². The molecule has 0 amide bonds. The molecule has 0 spiro atoms. The zero-order valence-electron chi connectivity index (χ0n) is 6.66. The maximum atomic E-state index is 5.52. The fourth-order valence-corrected chi connectivity index (χ4v) is 1.91. The van der Waals surface area contributed by atoms with E-state index in [4.69, 9.17) is 5.73 Å². The summed E-state index contributed by atoms with van der Waals surface area (Å²) in [5, 5.41) is 2.03. The molecule has 0 saturated carbocycles. The van der Waals surface area contributed by atoms with Crippen molar-refractivity contribution in [2.75, 3.05) is 5.73 Å². The number of anilines is 1. The lowest BCUT2D eigenvalue weighted by Gasteiger charge is -1.89. The summed E-state index contributed by atoms with van der Waals surface area (Å²) in [6.45, 7) is 1.97. The van der Waals surface area contributed by atoms with Crippen LogP contribution in [-0.2, 0) is 0 Å². The van der Waals surface area contributed by atoms with E-state index in [1.165, 1.54) is 0 Å². The van der Waals surface area contributed by atoms with Gasteiger partial charge in [0.25, 0.3) is 0 Å². The van der Waals surface area contributed by atoms with E-state index in [-0.39, 0.29) is 0 Å². The Labute approximate surface area is 74.3 Å². The Bertz CT molecular complexity index is 375. The second-order valence-electron chi connectivity index (χ2n) is 2.57. The standard InChI is InChI=1S/C8H9N3S/c1-5-7(11-8(9)10-5)6-3-2-4-12-6/h2-4H,1H3,(H3,9,10,11). The summed E-state index contributed by atoms with van der Waals surface area (Å²) in [5.41, 5.74) is 7.51. The maximum Gasteiger partial charge on any atom is 0.198 e. The number of thiophene rings is 1. The van der Waals surface area contributed by atoms with Crippen molar-refractivity contribution in [2.24, 2.45) is 0 Å². The van der Waals surface area contributed by atoms with Gasteiger partial charge in [0.15, 0.2) is 5.95 Å². The van der Waals surface area contributed by atoms with Crippen LogP contribution in [-0.4, -0.2) is 9.97 Å². The smallest absolute Gasteiger partial charge is 0.198 e. The molecule has 0 aromatic carbocycles. The van der Waals surface area contributed by atoms with Gasteiger partial charge < -0.3 is 10.7 Å². The van der Waals surface area contributed by atoms with Crippen LogP contribution in [0.3, 0.4) is 0 Å². The molecular weight excluding hydrogens is 170 g/mol. The third kappa shape index (κ3) is 1.10. The lowest BCUT2D eigenvalue weighted by Crippen LogP contribution is -1.84. The fraction of sp³-hybridized carbons (Fsp3) is 0.125. The third-order valence-electron chi connectivity index (χ3n) is 1.66. The lowest BCUT2D eigenvalue weighted by atomic mass is 10.3. The van der Waals surface area contributed by atoms with Gasteiger partial charge in [-0.05, 0) is 18.4 Å². The van der Waals surface area contributed by atoms with Crippen molar-refractivity contribution in [3.8, 4) is 10.6 Å². The van der Waals surface area contributed by atoms with Gasteiger partial charge in [-0.15, -0.1) is 11.3 Å². The van der Waals surface area contributed by atoms with Crippen LogP contribution in [0.5, 0.6) is 0 Å². The first kappa shape index (κ1) is 7.36. The number of hydrogen-bond acceptors (Lipinski definition) is 3. The molecule has 2 aromatic heterocycles. The molecule has 0 aliphatic heterocycles. The van der Waals surface area contributed by atoms with Crippen LogP contribution in [0.15, 0.2) is 17.5 Å². The van der Waals surface area contributed by atoms with Gasteiger partial charge in [-0.3, -0.25) is 0 Å². The third-order valence-corrected chi connectivity index (χ3v) is 2.53. The molecular formula is C8H9N3S. The van der Waals surface area contributed by atoms with Crippen LogP contribution in [0.1, 0.15) is 5.69 Å². The molecule has 0 aliphatic rings. The number of nitrogens with one attached hydrogen (secondary N) is 1. The van der Waals surface area contributed by atoms with Crippen molar-refractivity contribution in [2.45, 2.75) is 6.92 Å². The van der Waals surface area contributed by atoms with Crippen LogP contribution >= 0.6 is 11.3 Å². The average molecular weight is 179 g/mol. The summed E-state index contributed by atoms with van der Waals surface area (Å²) in [6, 6.07) is 4.04. The number of H-pyrrole nitrogens is 1. The van der Waals surface area contributed by atoms with Crippen LogP contribution in [0.2, 0.25) is 0 Å². The topological polar surface area (TPSA) is 54.7 Å². The first-order chi connectivity index (χ1) is 5.77. The number of nitrogens with two attached hydrogens (primary N) is 1. The minimum Gasteiger partial charge on any atom is -0.369 e. The predicted molar refractivity (Wildman–Crippen MR) is 51.1 cm³/mol. The molecule has 0 saturated heterocycles. The van der Waals surface area contributed by atoms with E-state index < -0.39 is 0 Å². The molecule has 0 aliphatic carbocycles. The second-order valence-corrected chi connectivity index (χ2v) is 3.52. The van der Waals surface area contributed by atoms with Crippen molar-refractivity contribution in [3.05, 3.63) is 23.2 Å². The molecule has 3 N–H and O–H groups in total. The summed E-state index contributed by atoms with van der Waals surface area (Å²) < 4.78 is 0. The molecule has 2 rings (SSSR count). The molecule has 0 fully saturated rings. The number of aromatic nitrogens is 2. The minimum absolute atomic E-state index is 0.482. The summed E-state index contributed by atoms with van der Waals surface area (Å²) >= 11 is 1.67. The number of aryl methyl sites for hydroxylation is 1. The van der Waals surface area contributed by atoms with Gasteiger partial charge in [0, 0.05) is 5.69 Å². The molecule has 0 unspecified atom stereocenters. The molecule has 2 heterocycles. The molecule has 4 heteroatoms. The molecule has 3 nitrogen and oxygen atoms in total. The number of aromatic amines is 1. The Morgan fingerprint density at radius 3 is 2.92 bits per heavy atom. The Kier molecular flexibility index (Phi) is 1.62. The van der Waals surface area contributed by atoms with E-state index in [1.54, 1.807) is 11.3 Å². The zero-order valence-corrected chi connectivity index (χ0v) is 7.48. The molecule has 2 aromatic rings. The van der Waals surface area contributed by atoms with E-state index in [1.807, 2.05) is 24.4 Å². The summed E-state index contributed by atoms with van der Waals surface area (Å²) in [4.78, 5) is 8.31. The number of imidazole rings is 1. The SMILES string of the molecule is Cc1[nH]c(N)nc1-c1cccs1. The molecule has 0 radical (unpaired) electrons. The van der Waals surface area contributed by atoms with E-state index in [0.717, 1.165) is 16.3 Å². The quantitative estimate of drug-likeness (QED) is 0.703. The van der Waals surface area contributed by atoms with Crippen molar-refractivity contribution >= 4 is 17.3 Å². The first-order valence-corrected chi connectivity index (χ1v) is 4.51. The van der Waals surface area contributed by atoms with Gasteiger partial charge in [-0.2, -0.15) is 0 Å². The van der Waals surface area contributed by atoms with Crippen LogP contribution in [0.25, 0.3) is 10.6 Å². The monoisotopic (exact) mass is 179 g/mol. The highest BCUT2D eigenvalue weighted by molar-refractivity contribution is 7.13. The van der Waals surface area contributed by atoms with Gasteiger partial charge >= 0.3 is 0 Å². The highest BCUT2D eigenvalue weighted by Gasteiger charge is 2.06. The van der Waals surface area contributed by atoms with Crippen LogP contribution in [0.4, 0.5) is 5.95 Å². The van der Waals surface area contributed by atoms with Crippen LogP contribution in [0, 0.1) is 6.92 Å². The average Bonchev–Trinajstić information content (AvgIpc) is 2.58. The van der Waals surface area contributed by atoms with E-state index in [0.29, 0.717) is 5.95 Å². The largest absolute Gasteiger partial charge is 0.369 e. The Hall–Kier alpha value is -1.29. The minimum atomic E-state index is 0.482. The maximum absolute atomic E-state index is 5.52. The summed E-state index contributed by atoms with van der Waals surface area (Å²) in [7, 11) is 0. The molecule has 62 valence electrons. The van der Waals surface area contributed by atoms with Gasteiger partial charge in [0.2, 0.25) is 0 Å². The van der Waals surface area contributed by atoms with Gasteiger partial charge in [0.05, 0.1) is 4.88 Å². The van der Waals surface area contributed by atoms with Crippen molar-refractivity contribution in [3.63, 3.8) is 0 Å². The predicted octanol–water partition coefficient (Wildman–Crippen LogP) is 2.03. The first-order valence-electron chi connectivity index (χ1n) is 3.63. The molecule has 0 bridgehead atoms. The van der Waals surface area contributed by atoms with Gasteiger partial charge in [0.1, 0.15) is 5.69 Å². The number of nitrogen functional groups attached to an aromatic ring is 1. The van der Waals surface area contributed by atoms with E-state index in [2.05, 4.69) is 9.97 Å².